The fourth-order valence-electron chi connectivity index (χ4n) is 4.45. The lowest BCUT2D eigenvalue weighted by Gasteiger charge is -2.14. The van der Waals surface area contributed by atoms with Crippen molar-refractivity contribution in [2.45, 2.75) is 33.2 Å². The van der Waals surface area contributed by atoms with Crippen molar-refractivity contribution in [3.63, 3.8) is 0 Å². The molecule has 8 heteroatoms. The average Bonchev–Trinajstić information content (AvgIpc) is 3.29. The van der Waals surface area contributed by atoms with Gasteiger partial charge < -0.3 is 28.8 Å². The Morgan fingerprint density at radius 3 is 2.37 bits per heavy atom. The van der Waals surface area contributed by atoms with Gasteiger partial charge in [0.05, 0.1) is 39.0 Å². The molecule has 0 atom stereocenters. The third-order valence-corrected chi connectivity index (χ3v) is 6.63. The Balaban J connectivity index is 1.41. The summed E-state index contributed by atoms with van der Waals surface area (Å²) in [6.07, 6.45) is 1.42. The number of nitrogens with zero attached hydrogens (tertiary/aromatic N) is 2. The van der Waals surface area contributed by atoms with Gasteiger partial charge in [-0.1, -0.05) is 24.3 Å². The third-order valence-electron chi connectivity index (χ3n) is 6.63. The van der Waals surface area contributed by atoms with E-state index in [1.54, 1.807) is 12.1 Å². The molecule has 0 saturated heterocycles. The van der Waals surface area contributed by atoms with Crippen molar-refractivity contribution in [3.8, 4) is 23.0 Å². The zero-order chi connectivity index (χ0) is 27.1. The minimum Gasteiger partial charge on any atom is -0.493 e. The van der Waals surface area contributed by atoms with Crippen LogP contribution in [-0.4, -0.2) is 49.9 Å². The molecule has 0 aliphatic rings. The van der Waals surface area contributed by atoms with Crippen LogP contribution >= 0.6 is 0 Å². The number of ether oxygens (including phenoxy) is 4. The number of carbonyl (C=O) groups excluding carboxylic acids is 1. The molecular formula is C30H35N3O5. The van der Waals surface area contributed by atoms with E-state index in [0.29, 0.717) is 42.4 Å². The molecule has 0 fully saturated rings. The summed E-state index contributed by atoms with van der Waals surface area (Å²) in [7, 11) is 4.58. The van der Waals surface area contributed by atoms with E-state index in [1.165, 1.54) is 32.5 Å². The fraction of sp³-hybridized carbons (Fsp3) is 0.333. The molecule has 0 aliphatic carbocycles. The highest BCUT2D eigenvalue weighted by atomic mass is 16.5. The van der Waals surface area contributed by atoms with Crippen molar-refractivity contribution in [3.05, 3.63) is 77.1 Å². The van der Waals surface area contributed by atoms with E-state index in [-0.39, 0.29) is 5.91 Å². The maximum Gasteiger partial charge on any atom is 0.251 e. The van der Waals surface area contributed by atoms with E-state index in [4.69, 9.17) is 23.9 Å². The summed E-state index contributed by atoms with van der Waals surface area (Å²) in [6.45, 7) is 5.97. The van der Waals surface area contributed by atoms with Crippen LogP contribution in [0.4, 0.5) is 0 Å². The molecule has 0 aliphatic heterocycles. The SMILES string of the molecule is COc1cc(C(=O)NCCc2nc3ccccc3n2CCCOc2cccc(C)c2C)cc(OC)c1OC. The standard InChI is InChI=1S/C30H35N3O5/c1-20-10-8-13-25(21(20)2)38-17-9-16-33-24-12-7-6-11-23(24)32-28(33)14-15-31-30(34)22-18-26(35-3)29(37-5)27(19-22)36-4/h6-8,10-13,18-19H,9,14-17H2,1-5H3,(H,31,34). The number of hydrogen-bond donors (Lipinski definition) is 1. The quantitative estimate of drug-likeness (QED) is 0.263. The van der Waals surface area contributed by atoms with Gasteiger partial charge in [-0.2, -0.15) is 0 Å². The van der Waals surface area contributed by atoms with Crippen LogP contribution in [0.3, 0.4) is 0 Å². The summed E-state index contributed by atoms with van der Waals surface area (Å²) in [5.41, 5.74) is 4.83. The molecule has 0 saturated carbocycles. The lowest BCUT2D eigenvalue weighted by atomic mass is 10.1. The lowest BCUT2D eigenvalue weighted by molar-refractivity contribution is 0.0953. The van der Waals surface area contributed by atoms with Crippen molar-refractivity contribution in [2.75, 3.05) is 34.5 Å². The highest BCUT2D eigenvalue weighted by Crippen LogP contribution is 2.38. The van der Waals surface area contributed by atoms with E-state index in [0.717, 1.165) is 35.6 Å². The van der Waals surface area contributed by atoms with Crippen LogP contribution in [0.25, 0.3) is 11.0 Å². The summed E-state index contributed by atoms with van der Waals surface area (Å²) < 4.78 is 24.4. The van der Waals surface area contributed by atoms with Crippen LogP contribution in [0.5, 0.6) is 23.0 Å². The zero-order valence-electron chi connectivity index (χ0n) is 22.7. The molecule has 200 valence electrons. The van der Waals surface area contributed by atoms with Crippen molar-refractivity contribution in [1.82, 2.24) is 14.9 Å². The second-order valence-corrected chi connectivity index (χ2v) is 8.99. The van der Waals surface area contributed by atoms with Crippen LogP contribution in [-0.2, 0) is 13.0 Å². The zero-order valence-corrected chi connectivity index (χ0v) is 22.7. The number of para-hydroxylation sites is 2. The molecule has 3 aromatic carbocycles. The number of aryl methyl sites for hydroxylation is 2. The van der Waals surface area contributed by atoms with Gasteiger partial charge in [-0.05, 0) is 61.7 Å². The van der Waals surface area contributed by atoms with Gasteiger partial charge in [0.25, 0.3) is 5.91 Å². The summed E-state index contributed by atoms with van der Waals surface area (Å²) in [4.78, 5) is 17.8. The van der Waals surface area contributed by atoms with Gasteiger partial charge in [0.2, 0.25) is 5.75 Å². The minimum atomic E-state index is -0.228. The number of imidazole rings is 1. The van der Waals surface area contributed by atoms with E-state index in [9.17, 15) is 4.79 Å². The average molecular weight is 518 g/mol. The Hall–Kier alpha value is -4.20. The van der Waals surface area contributed by atoms with E-state index < -0.39 is 0 Å². The highest BCUT2D eigenvalue weighted by molar-refractivity contribution is 5.95. The van der Waals surface area contributed by atoms with Gasteiger partial charge in [0.15, 0.2) is 11.5 Å². The predicted molar refractivity (Wildman–Crippen MR) is 148 cm³/mol. The molecule has 0 radical (unpaired) electrons. The Morgan fingerprint density at radius 1 is 0.921 bits per heavy atom. The molecular weight excluding hydrogens is 482 g/mol. The topological polar surface area (TPSA) is 83.8 Å². The Bertz CT molecular complexity index is 1390. The number of aromatic nitrogens is 2. The number of methoxy groups -OCH3 is 3. The highest BCUT2D eigenvalue weighted by Gasteiger charge is 2.17. The second kappa shape index (κ2) is 12.4. The minimum absolute atomic E-state index is 0.228. The smallest absolute Gasteiger partial charge is 0.251 e. The molecule has 0 unspecified atom stereocenters. The third kappa shape index (κ3) is 5.85. The molecule has 1 N–H and O–H groups in total. The molecule has 8 nitrogen and oxygen atoms in total. The second-order valence-electron chi connectivity index (χ2n) is 8.99. The lowest BCUT2D eigenvalue weighted by Crippen LogP contribution is -2.26. The molecule has 0 bridgehead atoms. The molecule has 4 rings (SSSR count). The van der Waals surface area contributed by atoms with Crippen molar-refractivity contribution >= 4 is 16.9 Å². The van der Waals surface area contributed by atoms with Crippen molar-refractivity contribution < 1.29 is 23.7 Å². The van der Waals surface area contributed by atoms with Crippen LogP contribution < -0.4 is 24.3 Å². The molecule has 0 spiro atoms. The summed E-state index contributed by atoms with van der Waals surface area (Å²) in [5.74, 6) is 2.93. The molecule has 1 aromatic heterocycles. The van der Waals surface area contributed by atoms with Gasteiger partial charge in [-0.3, -0.25) is 4.79 Å². The first kappa shape index (κ1) is 26.9. The van der Waals surface area contributed by atoms with Crippen LogP contribution in [0.1, 0.15) is 33.7 Å². The first-order valence-corrected chi connectivity index (χ1v) is 12.7. The largest absolute Gasteiger partial charge is 0.493 e. The molecule has 38 heavy (non-hydrogen) atoms. The first-order valence-electron chi connectivity index (χ1n) is 12.7. The van der Waals surface area contributed by atoms with Crippen LogP contribution in [0.15, 0.2) is 54.6 Å². The summed E-state index contributed by atoms with van der Waals surface area (Å²) in [6, 6.07) is 17.5. The maximum absolute atomic E-state index is 12.9. The van der Waals surface area contributed by atoms with E-state index in [1.807, 2.05) is 30.3 Å². The number of amides is 1. The number of carbonyl (C=O) groups is 1. The van der Waals surface area contributed by atoms with Gasteiger partial charge in [-0.15, -0.1) is 0 Å². The normalized spacial score (nSPS) is 10.9. The van der Waals surface area contributed by atoms with Crippen molar-refractivity contribution in [1.29, 1.82) is 0 Å². The van der Waals surface area contributed by atoms with Gasteiger partial charge in [-0.25, -0.2) is 4.98 Å². The number of hydrogen-bond acceptors (Lipinski definition) is 6. The molecule has 1 amide bonds. The molecule has 4 aromatic rings. The first-order chi connectivity index (χ1) is 18.5. The number of fused-ring (bicyclic) bond motifs is 1. The molecule has 1 heterocycles. The summed E-state index contributed by atoms with van der Waals surface area (Å²) in [5, 5.41) is 2.99. The van der Waals surface area contributed by atoms with E-state index >= 15 is 0 Å². The van der Waals surface area contributed by atoms with Gasteiger partial charge in [0.1, 0.15) is 11.6 Å². The maximum atomic E-state index is 12.9. The van der Waals surface area contributed by atoms with Gasteiger partial charge in [0, 0.05) is 25.1 Å². The number of benzene rings is 3. The number of nitrogens with one attached hydrogen (secondary N) is 1. The predicted octanol–water partition coefficient (Wildman–Crippen LogP) is 5.12. The van der Waals surface area contributed by atoms with Crippen molar-refractivity contribution in [2.24, 2.45) is 0 Å². The van der Waals surface area contributed by atoms with E-state index in [2.05, 4.69) is 35.9 Å². The number of rotatable bonds is 12. The monoisotopic (exact) mass is 517 g/mol. The summed E-state index contributed by atoms with van der Waals surface area (Å²) >= 11 is 0. The van der Waals surface area contributed by atoms with Crippen LogP contribution in [0, 0.1) is 13.8 Å². The van der Waals surface area contributed by atoms with Gasteiger partial charge >= 0.3 is 0 Å². The Kier molecular flexibility index (Phi) is 8.73. The fourth-order valence-corrected chi connectivity index (χ4v) is 4.45. The Morgan fingerprint density at radius 2 is 1.66 bits per heavy atom. The van der Waals surface area contributed by atoms with Crippen LogP contribution in [0.2, 0.25) is 0 Å². The Labute approximate surface area is 223 Å².